The van der Waals surface area contributed by atoms with Crippen molar-refractivity contribution in [2.24, 2.45) is 20.5 Å². The minimum absolute atomic E-state index is 0.0106. The fourth-order valence-corrected chi connectivity index (χ4v) is 6.71. The van der Waals surface area contributed by atoms with Crippen molar-refractivity contribution in [3.8, 4) is 34.6 Å². The van der Waals surface area contributed by atoms with Crippen molar-refractivity contribution < 1.29 is 49.1 Å². The minimum Gasteiger partial charge on any atom is -0.492 e. The van der Waals surface area contributed by atoms with Crippen LogP contribution in [0.15, 0.2) is 56.9 Å². The van der Waals surface area contributed by atoms with E-state index in [1.54, 1.807) is 0 Å². The average molecular weight is 845 g/mol. The van der Waals surface area contributed by atoms with Crippen molar-refractivity contribution in [2.45, 2.75) is 58.8 Å². The quantitative estimate of drug-likeness (QED) is 0.0658. The van der Waals surface area contributed by atoms with Crippen LogP contribution in [0, 0.1) is 0 Å². The van der Waals surface area contributed by atoms with Gasteiger partial charge in [-0.1, -0.05) is 64.2 Å². The van der Waals surface area contributed by atoms with Gasteiger partial charge in [0.05, 0.1) is 40.3 Å². The molecular weight excluding hydrogens is 813 g/mol. The van der Waals surface area contributed by atoms with Crippen LogP contribution in [0.1, 0.15) is 83.7 Å². The maximum absolute atomic E-state index is 11.7. The molecule has 0 aliphatic rings. The molecule has 24 heteroatoms. The molecule has 0 saturated heterocycles. The Morgan fingerprint density at radius 1 is 0.644 bits per heavy atom. The zero-order valence-corrected chi connectivity index (χ0v) is 33.4. The van der Waals surface area contributed by atoms with Crippen LogP contribution in [0.2, 0.25) is 0 Å². The van der Waals surface area contributed by atoms with E-state index in [4.69, 9.17) is 9.47 Å². The molecule has 59 heavy (non-hydrogen) atoms. The molecule has 304 valence electrons. The Labute approximate surface area is 340 Å². The van der Waals surface area contributed by atoms with Crippen molar-refractivity contribution in [1.82, 2.24) is 40.0 Å². The molecule has 0 bridgehead atoms. The predicted molar refractivity (Wildman–Crippen MR) is 206 cm³/mol. The Morgan fingerprint density at radius 3 is 1.37 bits per heavy atom. The Hall–Kier alpha value is -7.34. The third kappa shape index (κ3) is 9.12. The van der Waals surface area contributed by atoms with E-state index in [1.165, 1.54) is 24.3 Å². The summed E-state index contributed by atoms with van der Waals surface area (Å²) in [5, 5.41) is 85.0. The molecule has 0 amide bonds. The number of aromatic carboxylic acids is 2. The van der Waals surface area contributed by atoms with Gasteiger partial charge in [-0.15, -0.1) is 40.9 Å². The van der Waals surface area contributed by atoms with Crippen LogP contribution in [0.4, 0.5) is 21.6 Å². The maximum atomic E-state index is 11.7. The van der Waals surface area contributed by atoms with Crippen LogP contribution in [0.25, 0.3) is 11.4 Å². The lowest BCUT2D eigenvalue weighted by atomic mass is 9.91. The topological polar surface area (TPSA) is 304 Å². The Balaban J connectivity index is 1.23. The van der Waals surface area contributed by atoms with Crippen LogP contribution >= 0.6 is 22.7 Å². The number of ether oxygens (including phenoxy) is 2. The molecule has 6 rings (SSSR count). The monoisotopic (exact) mass is 844 g/mol. The lowest BCUT2D eigenvalue weighted by molar-refractivity contribution is -0.121. The van der Waals surface area contributed by atoms with Crippen LogP contribution in [-0.4, -0.2) is 85.3 Å². The highest BCUT2D eigenvalue weighted by Gasteiger charge is 2.30. The zero-order valence-electron chi connectivity index (χ0n) is 31.7. The molecule has 0 aliphatic carbocycles. The standard InChI is InChI=1S/C35H32N12O10S2/c1-34(2,3)26-24(28(50)46(44-26)18-7-16(30(52)53)9-20(11-18)56-14-48)38-42-32-40-36-22(58-32)13-23-37-41-33(59-23)43-39-25-27(35(4,5)6)45-47(29(25)51)19-8-17(31(54)55)10-21(12-19)57-15-49/h7-12,14-15,50-51H,13H2,1-6H3,(H,52,53)(H,54,55). The molecule has 0 radical (unpaired) electrons. The molecule has 4 aromatic heterocycles. The number of carboxylic acids is 2. The van der Waals surface area contributed by atoms with E-state index in [0.717, 1.165) is 44.2 Å². The molecule has 0 atom stereocenters. The van der Waals surface area contributed by atoms with Crippen molar-refractivity contribution in [3.63, 3.8) is 0 Å². The van der Waals surface area contributed by atoms with Gasteiger partial charge in [0.15, 0.2) is 11.4 Å². The summed E-state index contributed by atoms with van der Waals surface area (Å²) in [6.07, 6.45) is 0.184. The Morgan fingerprint density at radius 2 is 1.03 bits per heavy atom. The molecule has 4 N–H and O–H groups in total. The number of rotatable bonds is 14. The van der Waals surface area contributed by atoms with E-state index in [-0.39, 0.29) is 75.0 Å². The van der Waals surface area contributed by atoms with Gasteiger partial charge in [-0.25, -0.2) is 9.59 Å². The van der Waals surface area contributed by atoms with E-state index < -0.39 is 34.5 Å². The summed E-state index contributed by atoms with van der Waals surface area (Å²) in [6.45, 7) is 11.3. The fraction of sp³-hybridized carbons (Fsp3) is 0.257. The number of nitrogens with zero attached hydrogens (tertiary/aromatic N) is 12. The lowest BCUT2D eigenvalue weighted by Gasteiger charge is -2.15. The second-order valence-corrected chi connectivity index (χ2v) is 16.4. The first-order valence-electron chi connectivity index (χ1n) is 17.0. The molecule has 22 nitrogen and oxygen atoms in total. The molecule has 2 aromatic carbocycles. The van der Waals surface area contributed by atoms with Gasteiger partial charge in [0.25, 0.3) is 23.2 Å². The van der Waals surface area contributed by atoms with Gasteiger partial charge in [0, 0.05) is 23.0 Å². The molecule has 0 saturated carbocycles. The molecule has 0 unspecified atom stereocenters. The molecule has 4 heterocycles. The Kier molecular flexibility index (Phi) is 11.4. The molecule has 0 aliphatic heterocycles. The zero-order chi connectivity index (χ0) is 42.8. The first-order chi connectivity index (χ1) is 27.9. The van der Waals surface area contributed by atoms with Gasteiger partial charge < -0.3 is 29.9 Å². The van der Waals surface area contributed by atoms with Crippen LogP contribution in [-0.2, 0) is 26.8 Å². The second kappa shape index (κ2) is 16.3. The number of benzene rings is 2. The van der Waals surface area contributed by atoms with E-state index in [9.17, 15) is 39.6 Å². The molecular formula is C35H32N12O10S2. The van der Waals surface area contributed by atoms with Crippen LogP contribution in [0.3, 0.4) is 0 Å². The molecule has 0 spiro atoms. The summed E-state index contributed by atoms with van der Waals surface area (Å²) < 4.78 is 11.8. The van der Waals surface area contributed by atoms with Crippen molar-refractivity contribution in [3.05, 3.63) is 68.9 Å². The summed E-state index contributed by atoms with van der Waals surface area (Å²) >= 11 is 2.17. The van der Waals surface area contributed by atoms with E-state index >= 15 is 0 Å². The summed E-state index contributed by atoms with van der Waals surface area (Å²) in [5.74, 6) is -3.66. The normalized spacial score (nSPS) is 12.0. The van der Waals surface area contributed by atoms with E-state index in [2.05, 4.69) is 51.0 Å². The van der Waals surface area contributed by atoms with Gasteiger partial charge in [0.2, 0.25) is 11.8 Å². The number of aromatic nitrogens is 8. The summed E-state index contributed by atoms with van der Waals surface area (Å²) in [6, 6.07) is 7.44. The van der Waals surface area contributed by atoms with Crippen LogP contribution < -0.4 is 9.47 Å². The SMILES string of the molecule is CC(C)(C)c1nn(-c2cc(OC=O)cc(C(=O)O)c2)c(O)c1N=Nc1nnc(Cc2nnc(N=Nc3c(C(C)(C)C)nn(-c4cc(OC=O)cc(C(=O)O)c4)c3O)s2)s1. The van der Waals surface area contributed by atoms with Crippen molar-refractivity contribution in [1.29, 1.82) is 0 Å². The number of aromatic hydroxyl groups is 2. The highest BCUT2D eigenvalue weighted by atomic mass is 32.1. The average Bonchev–Trinajstić information content (AvgIpc) is 3.95. The number of carbonyl (C=O) groups is 4. The number of carbonyl (C=O) groups excluding carboxylic acids is 2. The van der Waals surface area contributed by atoms with Crippen molar-refractivity contribution >= 4 is 69.2 Å². The third-order valence-corrected chi connectivity index (χ3v) is 9.53. The van der Waals surface area contributed by atoms with Gasteiger partial charge in [-0.3, -0.25) is 9.59 Å². The van der Waals surface area contributed by atoms with Crippen LogP contribution in [0.5, 0.6) is 23.3 Å². The van der Waals surface area contributed by atoms with E-state index in [1.807, 2.05) is 41.5 Å². The largest absolute Gasteiger partial charge is 0.492 e. The number of azo groups is 2. The summed E-state index contributed by atoms with van der Waals surface area (Å²) in [7, 11) is 0. The van der Waals surface area contributed by atoms with Gasteiger partial charge in [-0.2, -0.15) is 19.6 Å². The first-order valence-corrected chi connectivity index (χ1v) is 18.6. The van der Waals surface area contributed by atoms with Crippen molar-refractivity contribution in [2.75, 3.05) is 0 Å². The minimum atomic E-state index is -1.29. The maximum Gasteiger partial charge on any atom is 0.335 e. The fourth-order valence-electron chi connectivity index (χ4n) is 5.29. The Bertz CT molecular complexity index is 2490. The number of hydrogen-bond acceptors (Lipinski definition) is 20. The van der Waals surface area contributed by atoms with Gasteiger partial charge in [-0.05, 0) is 24.3 Å². The highest BCUT2D eigenvalue weighted by molar-refractivity contribution is 7.16. The first kappa shape index (κ1) is 41.3. The highest BCUT2D eigenvalue weighted by Crippen LogP contribution is 2.42. The number of carboxylic acid groups (broad SMARTS) is 2. The van der Waals surface area contributed by atoms with Gasteiger partial charge >= 0.3 is 11.9 Å². The number of hydrogen-bond donors (Lipinski definition) is 4. The predicted octanol–water partition coefficient (Wildman–Crippen LogP) is 6.66. The van der Waals surface area contributed by atoms with Gasteiger partial charge in [0.1, 0.15) is 21.5 Å². The molecule has 0 fully saturated rings. The molecule has 6 aromatic rings. The summed E-state index contributed by atoms with van der Waals surface area (Å²) in [4.78, 5) is 45.4. The second-order valence-electron chi connectivity index (χ2n) is 14.4. The smallest absolute Gasteiger partial charge is 0.335 e. The van der Waals surface area contributed by atoms with E-state index in [0.29, 0.717) is 21.4 Å². The summed E-state index contributed by atoms with van der Waals surface area (Å²) in [5.41, 5.74) is -0.966. The lowest BCUT2D eigenvalue weighted by Crippen LogP contribution is -2.13. The third-order valence-electron chi connectivity index (χ3n) is 7.91.